The minimum absolute atomic E-state index is 0.0867. The van der Waals surface area contributed by atoms with Crippen LogP contribution in [0.2, 0.25) is 0 Å². The Labute approximate surface area is 147 Å². The van der Waals surface area contributed by atoms with Crippen LogP contribution >= 0.6 is 24.0 Å². The fourth-order valence-electron chi connectivity index (χ4n) is 3.15. The molecule has 0 bridgehead atoms. The number of anilines is 1. The predicted octanol–water partition coefficient (Wildman–Crippen LogP) is 4.29. The van der Waals surface area contributed by atoms with Crippen LogP contribution in [-0.2, 0) is 4.79 Å². The van der Waals surface area contributed by atoms with Crippen LogP contribution in [0.5, 0.6) is 0 Å². The second kappa shape index (κ2) is 7.05. The zero-order valence-corrected chi connectivity index (χ0v) is 15.3. The van der Waals surface area contributed by atoms with Crippen molar-refractivity contribution in [2.45, 2.75) is 38.1 Å². The van der Waals surface area contributed by atoms with Crippen LogP contribution in [0.25, 0.3) is 6.08 Å². The normalized spacial score (nSPS) is 21.3. The van der Waals surface area contributed by atoms with E-state index in [1.165, 1.54) is 31.0 Å². The summed E-state index contributed by atoms with van der Waals surface area (Å²) in [7, 11) is 4.04. The largest absolute Gasteiger partial charge is 0.378 e. The summed E-state index contributed by atoms with van der Waals surface area (Å²) in [6.07, 6.45) is 7.80. The Kier molecular flexibility index (Phi) is 5.07. The summed E-state index contributed by atoms with van der Waals surface area (Å²) in [5, 5.41) is 0. The minimum Gasteiger partial charge on any atom is -0.378 e. The first-order valence-corrected chi connectivity index (χ1v) is 9.33. The Morgan fingerprint density at radius 3 is 2.43 bits per heavy atom. The molecule has 1 saturated heterocycles. The van der Waals surface area contributed by atoms with E-state index in [9.17, 15) is 4.79 Å². The lowest BCUT2D eigenvalue weighted by molar-refractivity contribution is -0.124. The summed E-state index contributed by atoms with van der Waals surface area (Å²) in [6, 6.07) is 8.52. The smallest absolute Gasteiger partial charge is 0.266 e. The van der Waals surface area contributed by atoms with Gasteiger partial charge in [0.2, 0.25) is 0 Å². The van der Waals surface area contributed by atoms with E-state index in [1.54, 1.807) is 0 Å². The summed E-state index contributed by atoms with van der Waals surface area (Å²) in [5.41, 5.74) is 2.19. The zero-order valence-electron chi connectivity index (χ0n) is 13.6. The molecule has 122 valence electrons. The summed E-state index contributed by atoms with van der Waals surface area (Å²) < 4.78 is 0.720. The molecule has 2 aliphatic rings. The number of thioether (sulfide) groups is 1. The lowest BCUT2D eigenvalue weighted by Gasteiger charge is -2.29. The quantitative estimate of drug-likeness (QED) is 0.602. The number of hydrogen-bond acceptors (Lipinski definition) is 4. The fourth-order valence-corrected chi connectivity index (χ4v) is 4.55. The predicted molar refractivity (Wildman–Crippen MR) is 103 cm³/mol. The van der Waals surface area contributed by atoms with Gasteiger partial charge in [-0.25, -0.2) is 0 Å². The molecule has 1 aliphatic heterocycles. The van der Waals surface area contributed by atoms with Crippen LogP contribution in [-0.4, -0.2) is 35.3 Å². The molecule has 2 fully saturated rings. The van der Waals surface area contributed by atoms with Gasteiger partial charge in [-0.1, -0.05) is 55.4 Å². The summed E-state index contributed by atoms with van der Waals surface area (Å²) in [5.74, 6) is 0.0867. The van der Waals surface area contributed by atoms with E-state index in [0.717, 1.165) is 33.3 Å². The van der Waals surface area contributed by atoms with E-state index in [4.69, 9.17) is 12.2 Å². The highest BCUT2D eigenvalue weighted by Gasteiger charge is 2.37. The molecule has 1 aliphatic carbocycles. The van der Waals surface area contributed by atoms with Crippen LogP contribution in [0.4, 0.5) is 5.69 Å². The third-order valence-corrected chi connectivity index (χ3v) is 5.80. The third-order valence-electron chi connectivity index (χ3n) is 4.47. The van der Waals surface area contributed by atoms with Crippen molar-refractivity contribution < 1.29 is 4.79 Å². The number of amides is 1. The van der Waals surface area contributed by atoms with Gasteiger partial charge in [0.05, 0.1) is 4.91 Å². The molecule has 3 nitrogen and oxygen atoms in total. The number of thiocarbonyl (C=S) groups is 1. The van der Waals surface area contributed by atoms with Gasteiger partial charge in [0, 0.05) is 25.8 Å². The van der Waals surface area contributed by atoms with Gasteiger partial charge in [-0.2, -0.15) is 0 Å². The molecule has 3 rings (SSSR count). The number of carbonyl (C=O) groups excluding carboxylic acids is 1. The number of hydrogen-bond donors (Lipinski definition) is 0. The van der Waals surface area contributed by atoms with Crippen molar-refractivity contribution in [1.29, 1.82) is 0 Å². The number of rotatable bonds is 3. The van der Waals surface area contributed by atoms with Gasteiger partial charge in [0.25, 0.3) is 5.91 Å². The molecule has 5 heteroatoms. The molecule has 1 heterocycles. The van der Waals surface area contributed by atoms with Crippen LogP contribution in [0, 0.1) is 0 Å². The molecular weight excluding hydrogens is 324 g/mol. The minimum atomic E-state index is 0.0867. The maximum absolute atomic E-state index is 12.7. The highest BCUT2D eigenvalue weighted by Crippen LogP contribution is 2.37. The highest BCUT2D eigenvalue weighted by atomic mass is 32.2. The highest BCUT2D eigenvalue weighted by molar-refractivity contribution is 8.26. The lowest BCUT2D eigenvalue weighted by atomic mass is 9.94. The van der Waals surface area contributed by atoms with Crippen molar-refractivity contribution in [3.05, 3.63) is 34.7 Å². The number of carbonyl (C=O) groups is 1. The van der Waals surface area contributed by atoms with E-state index in [1.807, 2.05) is 37.2 Å². The molecule has 1 aromatic carbocycles. The zero-order chi connectivity index (χ0) is 16.4. The molecule has 1 aromatic rings. The van der Waals surface area contributed by atoms with Crippen molar-refractivity contribution in [2.24, 2.45) is 0 Å². The van der Waals surface area contributed by atoms with Crippen LogP contribution in [0.3, 0.4) is 0 Å². The molecular formula is C18H22N2OS2. The van der Waals surface area contributed by atoms with Gasteiger partial charge >= 0.3 is 0 Å². The summed E-state index contributed by atoms with van der Waals surface area (Å²) in [6.45, 7) is 0. The maximum Gasteiger partial charge on any atom is 0.266 e. The van der Waals surface area contributed by atoms with Crippen molar-refractivity contribution >= 4 is 46.0 Å². The molecule has 0 aromatic heterocycles. The van der Waals surface area contributed by atoms with Crippen molar-refractivity contribution in [1.82, 2.24) is 4.90 Å². The van der Waals surface area contributed by atoms with E-state index < -0.39 is 0 Å². The van der Waals surface area contributed by atoms with Crippen molar-refractivity contribution in [2.75, 3.05) is 19.0 Å². The molecule has 1 amide bonds. The Hall–Kier alpha value is -1.33. The molecule has 0 spiro atoms. The van der Waals surface area contributed by atoms with Gasteiger partial charge < -0.3 is 4.90 Å². The van der Waals surface area contributed by atoms with Crippen molar-refractivity contribution in [3.63, 3.8) is 0 Å². The Morgan fingerprint density at radius 2 is 1.83 bits per heavy atom. The molecule has 1 saturated carbocycles. The van der Waals surface area contributed by atoms with Gasteiger partial charge in [0.15, 0.2) is 0 Å². The molecule has 0 atom stereocenters. The fraction of sp³-hybridized carbons (Fsp3) is 0.444. The standard InChI is InChI=1S/C18H22N2OS2/c1-19(2)14-10-8-13(9-11-14)12-16-17(21)20(18(22)23-16)15-6-4-3-5-7-15/h8-12,15H,3-7H2,1-2H3/b16-12-. The summed E-state index contributed by atoms with van der Waals surface area (Å²) >= 11 is 6.91. The summed E-state index contributed by atoms with van der Waals surface area (Å²) in [4.78, 5) is 17.4. The number of nitrogens with zero attached hydrogens (tertiary/aromatic N) is 2. The Bertz CT molecular complexity index is 631. The SMILES string of the molecule is CN(C)c1ccc(/C=C2\SC(=S)N(C3CCCCC3)C2=O)cc1. The first kappa shape index (κ1) is 16.5. The van der Waals surface area contributed by atoms with Gasteiger partial charge in [-0.15, -0.1) is 0 Å². The second-order valence-electron chi connectivity index (χ2n) is 6.33. The van der Waals surface area contributed by atoms with Gasteiger partial charge in [-0.3, -0.25) is 9.69 Å². The van der Waals surface area contributed by atoms with Crippen LogP contribution < -0.4 is 4.90 Å². The Morgan fingerprint density at radius 1 is 1.17 bits per heavy atom. The van der Waals surface area contributed by atoms with E-state index >= 15 is 0 Å². The maximum atomic E-state index is 12.7. The van der Waals surface area contributed by atoms with E-state index in [-0.39, 0.29) is 5.91 Å². The van der Waals surface area contributed by atoms with Crippen LogP contribution in [0.15, 0.2) is 29.2 Å². The average molecular weight is 347 g/mol. The molecule has 0 unspecified atom stereocenters. The Balaban J connectivity index is 1.78. The second-order valence-corrected chi connectivity index (χ2v) is 8.01. The first-order valence-electron chi connectivity index (χ1n) is 8.11. The van der Waals surface area contributed by atoms with Gasteiger partial charge in [0.1, 0.15) is 4.32 Å². The monoisotopic (exact) mass is 346 g/mol. The average Bonchev–Trinajstić information content (AvgIpc) is 2.82. The van der Waals surface area contributed by atoms with Gasteiger partial charge in [-0.05, 0) is 36.6 Å². The molecule has 0 radical (unpaired) electrons. The van der Waals surface area contributed by atoms with Crippen LogP contribution in [0.1, 0.15) is 37.7 Å². The number of benzene rings is 1. The van der Waals surface area contributed by atoms with Crippen molar-refractivity contribution in [3.8, 4) is 0 Å². The lowest BCUT2D eigenvalue weighted by Crippen LogP contribution is -2.39. The molecule has 0 N–H and O–H groups in total. The molecule has 23 heavy (non-hydrogen) atoms. The van der Waals surface area contributed by atoms with E-state index in [2.05, 4.69) is 17.0 Å². The first-order chi connectivity index (χ1) is 11.1. The van der Waals surface area contributed by atoms with E-state index in [0.29, 0.717) is 6.04 Å². The topological polar surface area (TPSA) is 23.6 Å². The third kappa shape index (κ3) is 3.61.